The summed E-state index contributed by atoms with van der Waals surface area (Å²) >= 11 is 0. The van der Waals surface area contributed by atoms with Gasteiger partial charge in [0.2, 0.25) is 0 Å². The maximum Gasteiger partial charge on any atom is 0.416 e. The topological polar surface area (TPSA) is 66.8 Å². The molecular weight excluding hydrogens is 397 g/mol. The fraction of sp³-hybridized carbons (Fsp3) is 0.348. The molecule has 0 radical (unpaired) electrons. The summed E-state index contributed by atoms with van der Waals surface area (Å²) in [6.45, 7) is 4.90. The number of carboxylic acid groups (broad SMARTS) is 1. The Morgan fingerprint density at radius 3 is 2.33 bits per heavy atom. The van der Waals surface area contributed by atoms with Crippen LogP contribution in [0.2, 0.25) is 0 Å². The zero-order chi connectivity index (χ0) is 22.5. The summed E-state index contributed by atoms with van der Waals surface area (Å²) in [5, 5.41) is 20.1. The average Bonchev–Trinajstić information content (AvgIpc) is 2.65. The van der Waals surface area contributed by atoms with Crippen LogP contribution in [-0.2, 0) is 27.7 Å². The molecule has 0 aliphatic heterocycles. The maximum absolute atomic E-state index is 12.8. The Hall–Kier alpha value is -2.82. The van der Waals surface area contributed by atoms with Gasteiger partial charge < -0.3 is 14.9 Å². The summed E-state index contributed by atoms with van der Waals surface area (Å²) in [7, 11) is 0. The number of hydrogen-bond donors (Lipinski definition) is 2. The van der Waals surface area contributed by atoms with E-state index in [2.05, 4.69) is 11.8 Å². The molecule has 0 saturated carbocycles. The van der Waals surface area contributed by atoms with Gasteiger partial charge in [-0.25, -0.2) is 4.79 Å². The van der Waals surface area contributed by atoms with Crippen LogP contribution in [0.1, 0.15) is 43.0 Å². The average molecular weight is 420 g/mol. The van der Waals surface area contributed by atoms with Crippen LogP contribution in [-0.4, -0.2) is 28.4 Å². The van der Waals surface area contributed by atoms with Crippen molar-refractivity contribution in [3.63, 3.8) is 0 Å². The molecule has 2 rings (SSSR count). The Labute approximate surface area is 173 Å². The highest BCUT2D eigenvalue weighted by Crippen LogP contribution is 2.29. The highest BCUT2D eigenvalue weighted by atomic mass is 19.4. The van der Waals surface area contributed by atoms with Gasteiger partial charge in [0.05, 0.1) is 11.7 Å². The van der Waals surface area contributed by atoms with Crippen molar-refractivity contribution >= 4 is 5.97 Å². The van der Waals surface area contributed by atoms with E-state index in [4.69, 9.17) is 4.74 Å². The summed E-state index contributed by atoms with van der Waals surface area (Å²) in [5.41, 5.74) is -1.32. The monoisotopic (exact) mass is 420 g/mol. The van der Waals surface area contributed by atoms with Gasteiger partial charge in [0.15, 0.2) is 6.10 Å². The number of aliphatic hydroxyl groups is 1. The van der Waals surface area contributed by atoms with Crippen LogP contribution in [0.25, 0.3) is 0 Å². The molecule has 0 aliphatic rings. The first kappa shape index (κ1) is 23.5. The van der Waals surface area contributed by atoms with Crippen LogP contribution in [0.4, 0.5) is 13.2 Å². The van der Waals surface area contributed by atoms with Crippen LogP contribution < -0.4 is 0 Å². The minimum atomic E-state index is -4.48. The first-order valence-corrected chi connectivity index (χ1v) is 9.29. The number of benzene rings is 2. The normalized spacial score (nSPS) is 14.5. The zero-order valence-corrected chi connectivity index (χ0v) is 16.8. The third kappa shape index (κ3) is 6.61. The van der Waals surface area contributed by atoms with E-state index in [1.807, 2.05) is 0 Å². The number of ether oxygens (including phenoxy) is 1. The predicted molar refractivity (Wildman–Crippen MR) is 106 cm³/mol. The van der Waals surface area contributed by atoms with Crippen LogP contribution in [0.5, 0.6) is 0 Å². The Kier molecular flexibility index (Phi) is 7.30. The zero-order valence-electron chi connectivity index (χ0n) is 16.8. The summed E-state index contributed by atoms with van der Waals surface area (Å²) < 4.78 is 43.9. The smallest absolute Gasteiger partial charge is 0.416 e. The van der Waals surface area contributed by atoms with Gasteiger partial charge in [0.1, 0.15) is 5.60 Å². The molecule has 0 aromatic heterocycles. The SMILES string of the molecule is CC(C)OC(Cc1cccc(C(C)(O)C#Cc2cccc(C(F)(F)F)c2)c1)C(=O)O. The van der Waals surface area contributed by atoms with E-state index in [1.165, 1.54) is 19.1 Å². The summed E-state index contributed by atoms with van der Waals surface area (Å²) in [5.74, 6) is 4.09. The molecule has 2 aromatic carbocycles. The molecule has 4 nitrogen and oxygen atoms in total. The molecule has 0 amide bonds. The molecular formula is C23H23F3O4. The molecule has 0 fully saturated rings. The number of alkyl halides is 3. The van der Waals surface area contributed by atoms with E-state index in [1.54, 1.807) is 38.1 Å². The Morgan fingerprint density at radius 2 is 1.73 bits per heavy atom. The lowest BCUT2D eigenvalue weighted by atomic mass is 9.93. The van der Waals surface area contributed by atoms with Crippen LogP contribution >= 0.6 is 0 Å². The lowest BCUT2D eigenvalue weighted by Gasteiger charge is -2.20. The summed E-state index contributed by atoms with van der Waals surface area (Å²) in [6, 6.07) is 11.1. The number of carboxylic acids is 1. The Bertz CT molecular complexity index is 953. The van der Waals surface area contributed by atoms with Crippen LogP contribution in [0, 0.1) is 11.8 Å². The third-order valence-corrected chi connectivity index (χ3v) is 4.26. The summed E-state index contributed by atoms with van der Waals surface area (Å²) in [6.07, 6.45) is -5.69. The molecule has 0 spiro atoms. The van der Waals surface area contributed by atoms with E-state index in [9.17, 15) is 28.2 Å². The lowest BCUT2D eigenvalue weighted by Crippen LogP contribution is -2.29. The number of carbonyl (C=O) groups is 1. The molecule has 2 N–H and O–H groups in total. The van der Waals surface area contributed by atoms with Crippen molar-refractivity contribution in [3.05, 3.63) is 70.8 Å². The van der Waals surface area contributed by atoms with Gasteiger partial charge in [0.25, 0.3) is 0 Å². The molecule has 160 valence electrons. The van der Waals surface area contributed by atoms with Crippen molar-refractivity contribution in [3.8, 4) is 11.8 Å². The second-order valence-electron chi connectivity index (χ2n) is 7.32. The maximum atomic E-state index is 12.8. The minimum absolute atomic E-state index is 0.0957. The number of halogens is 3. The molecule has 0 heterocycles. The van der Waals surface area contributed by atoms with Crippen molar-refractivity contribution in [2.24, 2.45) is 0 Å². The van der Waals surface area contributed by atoms with Gasteiger partial charge in [-0.3, -0.25) is 0 Å². The Morgan fingerprint density at radius 1 is 1.10 bits per heavy atom. The van der Waals surface area contributed by atoms with Gasteiger partial charge in [-0.2, -0.15) is 13.2 Å². The van der Waals surface area contributed by atoms with Crippen molar-refractivity contribution in [2.75, 3.05) is 0 Å². The van der Waals surface area contributed by atoms with E-state index in [-0.39, 0.29) is 18.1 Å². The van der Waals surface area contributed by atoms with Crippen molar-refractivity contribution < 1.29 is 32.9 Å². The first-order valence-electron chi connectivity index (χ1n) is 9.29. The quantitative estimate of drug-likeness (QED) is 0.681. The van der Waals surface area contributed by atoms with Crippen LogP contribution in [0.3, 0.4) is 0 Å². The summed E-state index contributed by atoms with van der Waals surface area (Å²) in [4.78, 5) is 11.4. The fourth-order valence-corrected chi connectivity index (χ4v) is 2.78. The van der Waals surface area contributed by atoms with Crippen molar-refractivity contribution in [1.29, 1.82) is 0 Å². The molecule has 2 atom stereocenters. The highest BCUT2D eigenvalue weighted by Gasteiger charge is 2.30. The number of rotatable bonds is 6. The van der Waals surface area contributed by atoms with Gasteiger partial charge in [0, 0.05) is 12.0 Å². The van der Waals surface area contributed by atoms with Gasteiger partial charge in [-0.05, 0) is 50.1 Å². The van der Waals surface area contributed by atoms with Crippen molar-refractivity contribution in [2.45, 2.75) is 51.2 Å². The predicted octanol–water partition coefficient (Wildman–Crippen LogP) is 4.39. The molecule has 2 unspecified atom stereocenters. The molecule has 0 saturated heterocycles. The fourth-order valence-electron chi connectivity index (χ4n) is 2.78. The second kappa shape index (κ2) is 9.33. The van der Waals surface area contributed by atoms with Gasteiger partial charge in [-0.15, -0.1) is 0 Å². The molecule has 2 aromatic rings. The van der Waals surface area contributed by atoms with E-state index in [0.29, 0.717) is 11.1 Å². The Balaban J connectivity index is 2.27. The van der Waals surface area contributed by atoms with E-state index >= 15 is 0 Å². The molecule has 0 aliphatic carbocycles. The van der Waals surface area contributed by atoms with E-state index < -0.39 is 29.4 Å². The highest BCUT2D eigenvalue weighted by molar-refractivity contribution is 5.72. The lowest BCUT2D eigenvalue weighted by molar-refractivity contribution is -0.153. The van der Waals surface area contributed by atoms with Gasteiger partial charge >= 0.3 is 12.1 Å². The number of hydrogen-bond acceptors (Lipinski definition) is 3. The third-order valence-electron chi connectivity index (χ3n) is 4.26. The molecule has 0 bridgehead atoms. The molecule has 7 heteroatoms. The standard InChI is InChI=1S/C23H23F3O4/c1-15(2)30-20(21(27)28)14-17-7-5-8-18(13-17)22(3,29)11-10-16-6-4-9-19(12-16)23(24,25)26/h4-9,12-13,15,20,29H,14H2,1-3H3,(H,27,28). The largest absolute Gasteiger partial charge is 0.479 e. The number of aliphatic carboxylic acids is 1. The van der Waals surface area contributed by atoms with E-state index in [0.717, 1.165) is 12.1 Å². The second-order valence-corrected chi connectivity index (χ2v) is 7.32. The van der Waals surface area contributed by atoms with Gasteiger partial charge in [-0.1, -0.05) is 42.2 Å². The van der Waals surface area contributed by atoms with Crippen LogP contribution in [0.15, 0.2) is 48.5 Å². The minimum Gasteiger partial charge on any atom is -0.479 e. The molecule has 30 heavy (non-hydrogen) atoms. The first-order chi connectivity index (χ1) is 13.9. The van der Waals surface area contributed by atoms with Crippen molar-refractivity contribution in [1.82, 2.24) is 0 Å².